The average Bonchev–Trinajstić information content (AvgIpc) is 3.34. The van der Waals surface area contributed by atoms with E-state index in [2.05, 4.69) is 15.4 Å². The standard InChI is InChI=1S/C21H28N6O2/c1-13-22-20(27(26-13)21-24-16-4-2-3-5-17(16)25-21)14-6-7-19(28)18(12-14)23-15-8-10-29-11-9-15/h2-5,14-15,18-19,23,28H,6-12H2,1H3,(H,24,25)/t14-,18+,19+/m0/s1. The van der Waals surface area contributed by atoms with Gasteiger partial charge in [-0.3, -0.25) is 0 Å². The zero-order valence-electron chi connectivity index (χ0n) is 16.7. The molecular weight excluding hydrogens is 368 g/mol. The number of hydrogen-bond donors (Lipinski definition) is 3. The molecule has 1 aliphatic carbocycles. The fourth-order valence-corrected chi connectivity index (χ4v) is 4.63. The summed E-state index contributed by atoms with van der Waals surface area (Å²) in [6.45, 7) is 3.51. The average molecular weight is 396 g/mol. The van der Waals surface area contributed by atoms with Crippen LogP contribution in [0.25, 0.3) is 17.0 Å². The first-order valence-corrected chi connectivity index (χ1v) is 10.6. The molecule has 1 aliphatic heterocycles. The van der Waals surface area contributed by atoms with Gasteiger partial charge < -0.3 is 20.1 Å². The number of aliphatic hydroxyl groups excluding tert-OH is 1. The van der Waals surface area contributed by atoms with E-state index < -0.39 is 0 Å². The summed E-state index contributed by atoms with van der Waals surface area (Å²) >= 11 is 0. The Hall–Kier alpha value is -2.29. The van der Waals surface area contributed by atoms with E-state index in [9.17, 15) is 5.11 Å². The monoisotopic (exact) mass is 396 g/mol. The molecule has 2 fully saturated rings. The first kappa shape index (κ1) is 18.7. The Bertz CT molecular complexity index is 944. The highest BCUT2D eigenvalue weighted by molar-refractivity contribution is 5.75. The molecule has 0 amide bonds. The second kappa shape index (κ2) is 7.85. The van der Waals surface area contributed by atoms with Gasteiger partial charge in [0, 0.05) is 31.2 Å². The van der Waals surface area contributed by atoms with Crippen molar-refractivity contribution in [3.63, 3.8) is 0 Å². The van der Waals surface area contributed by atoms with Crippen LogP contribution in [-0.4, -0.2) is 61.2 Å². The molecule has 29 heavy (non-hydrogen) atoms. The Labute approximate surface area is 169 Å². The summed E-state index contributed by atoms with van der Waals surface area (Å²) in [6.07, 6.45) is 4.18. The molecule has 3 N–H and O–H groups in total. The molecule has 1 saturated heterocycles. The predicted molar refractivity (Wildman–Crippen MR) is 109 cm³/mol. The highest BCUT2D eigenvalue weighted by Crippen LogP contribution is 2.34. The summed E-state index contributed by atoms with van der Waals surface area (Å²) in [5, 5.41) is 18.9. The Morgan fingerprint density at radius 3 is 2.79 bits per heavy atom. The normalized spacial score (nSPS) is 26.2. The number of fused-ring (bicyclic) bond motifs is 1. The molecule has 0 unspecified atom stereocenters. The number of aryl methyl sites for hydroxylation is 1. The fourth-order valence-electron chi connectivity index (χ4n) is 4.63. The summed E-state index contributed by atoms with van der Waals surface area (Å²) < 4.78 is 7.31. The number of imidazole rings is 1. The summed E-state index contributed by atoms with van der Waals surface area (Å²) in [5.74, 6) is 2.58. The van der Waals surface area contributed by atoms with Gasteiger partial charge in [0.05, 0.1) is 17.1 Å². The number of nitrogens with zero attached hydrogens (tertiary/aromatic N) is 4. The van der Waals surface area contributed by atoms with Crippen LogP contribution in [0, 0.1) is 6.92 Å². The highest BCUT2D eigenvalue weighted by atomic mass is 16.5. The van der Waals surface area contributed by atoms with E-state index in [0.29, 0.717) is 12.0 Å². The minimum absolute atomic E-state index is 0.0676. The summed E-state index contributed by atoms with van der Waals surface area (Å²) in [7, 11) is 0. The van der Waals surface area contributed by atoms with Crippen molar-refractivity contribution in [2.24, 2.45) is 0 Å². The van der Waals surface area contributed by atoms with E-state index in [1.165, 1.54) is 0 Å². The zero-order valence-corrected chi connectivity index (χ0v) is 16.7. The van der Waals surface area contributed by atoms with E-state index in [1.54, 1.807) is 0 Å². The number of para-hydroxylation sites is 2. The number of aliphatic hydroxyl groups is 1. The smallest absolute Gasteiger partial charge is 0.230 e. The molecule has 3 aromatic rings. The van der Waals surface area contributed by atoms with Crippen LogP contribution < -0.4 is 5.32 Å². The van der Waals surface area contributed by atoms with Gasteiger partial charge in [0.25, 0.3) is 0 Å². The Morgan fingerprint density at radius 2 is 1.97 bits per heavy atom. The Kier molecular flexibility index (Phi) is 5.07. The van der Waals surface area contributed by atoms with Crippen LogP contribution in [0.4, 0.5) is 0 Å². The third-order valence-corrected chi connectivity index (χ3v) is 6.17. The van der Waals surface area contributed by atoms with Gasteiger partial charge >= 0.3 is 0 Å². The number of nitrogens with one attached hydrogen (secondary N) is 2. The van der Waals surface area contributed by atoms with Crippen molar-refractivity contribution in [3.05, 3.63) is 35.9 Å². The SMILES string of the molecule is Cc1nc([C@H]2CC[C@@H](O)[C@H](NC3CCOCC3)C2)n(-c2nc3ccccc3[nH]2)n1. The lowest BCUT2D eigenvalue weighted by atomic mass is 9.82. The van der Waals surface area contributed by atoms with Gasteiger partial charge in [-0.25, -0.2) is 9.97 Å². The van der Waals surface area contributed by atoms with Crippen LogP contribution in [0.3, 0.4) is 0 Å². The first-order chi connectivity index (χ1) is 14.2. The van der Waals surface area contributed by atoms with E-state index in [0.717, 1.165) is 68.0 Å². The number of H-pyrrole nitrogens is 1. The minimum Gasteiger partial charge on any atom is -0.392 e. The largest absolute Gasteiger partial charge is 0.392 e. The number of hydrogen-bond acceptors (Lipinski definition) is 6. The maximum Gasteiger partial charge on any atom is 0.230 e. The number of aromatic nitrogens is 5. The maximum atomic E-state index is 10.6. The second-order valence-electron chi connectivity index (χ2n) is 8.24. The number of ether oxygens (including phenoxy) is 1. The van der Waals surface area contributed by atoms with Gasteiger partial charge in [-0.05, 0) is 51.2 Å². The van der Waals surface area contributed by atoms with Gasteiger partial charge in [0.1, 0.15) is 11.6 Å². The molecule has 8 nitrogen and oxygen atoms in total. The molecule has 2 aromatic heterocycles. The lowest BCUT2D eigenvalue weighted by Gasteiger charge is -2.37. The molecule has 8 heteroatoms. The number of rotatable bonds is 4. The van der Waals surface area contributed by atoms with E-state index in [4.69, 9.17) is 14.7 Å². The number of aromatic amines is 1. The predicted octanol–water partition coefficient (Wildman–Crippen LogP) is 2.22. The Morgan fingerprint density at radius 1 is 1.14 bits per heavy atom. The lowest BCUT2D eigenvalue weighted by Crippen LogP contribution is -2.50. The van der Waals surface area contributed by atoms with Crippen LogP contribution in [0.2, 0.25) is 0 Å². The van der Waals surface area contributed by atoms with Crippen LogP contribution >= 0.6 is 0 Å². The minimum atomic E-state index is -0.322. The quantitative estimate of drug-likeness (QED) is 0.625. The van der Waals surface area contributed by atoms with Crippen molar-refractivity contribution in [3.8, 4) is 5.95 Å². The topological polar surface area (TPSA) is 101 Å². The molecule has 2 aliphatic rings. The maximum absolute atomic E-state index is 10.6. The summed E-state index contributed by atoms with van der Waals surface area (Å²) in [5.41, 5.74) is 1.90. The highest BCUT2D eigenvalue weighted by Gasteiger charge is 2.34. The fraction of sp³-hybridized carbons (Fsp3) is 0.571. The molecule has 3 atom stereocenters. The van der Waals surface area contributed by atoms with E-state index in [-0.39, 0.29) is 18.1 Å². The van der Waals surface area contributed by atoms with Crippen molar-refractivity contribution >= 4 is 11.0 Å². The van der Waals surface area contributed by atoms with Gasteiger partial charge in [-0.1, -0.05) is 12.1 Å². The molecular formula is C21H28N6O2. The van der Waals surface area contributed by atoms with E-state index in [1.807, 2.05) is 35.9 Å². The molecule has 3 heterocycles. The number of benzene rings is 1. The van der Waals surface area contributed by atoms with E-state index >= 15 is 0 Å². The van der Waals surface area contributed by atoms with Crippen molar-refractivity contribution < 1.29 is 9.84 Å². The van der Waals surface area contributed by atoms with Crippen molar-refractivity contribution in [1.29, 1.82) is 0 Å². The van der Waals surface area contributed by atoms with Crippen molar-refractivity contribution in [2.75, 3.05) is 13.2 Å². The van der Waals surface area contributed by atoms with Crippen molar-refractivity contribution in [1.82, 2.24) is 30.0 Å². The lowest BCUT2D eigenvalue weighted by molar-refractivity contribution is 0.0445. The van der Waals surface area contributed by atoms with Crippen LogP contribution in [0.5, 0.6) is 0 Å². The van der Waals surface area contributed by atoms with Gasteiger partial charge in [-0.2, -0.15) is 4.68 Å². The van der Waals surface area contributed by atoms with Gasteiger partial charge in [-0.15, -0.1) is 5.10 Å². The molecule has 1 aromatic carbocycles. The molecule has 0 spiro atoms. The summed E-state index contributed by atoms with van der Waals surface area (Å²) in [4.78, 5) is 12.8. The van der Waals surface area contributed by atoms with Gasteiger partial charge in [0.15, 0.2) is 0 Å². The molecule has 0 bridgehead atoms. The first-order valence-electron chi connectivity index (χ1n) is 10.6. The second-order valence-corrected chi connectivity index (χ2v) is 8.24. The summed E-state index contributed by atoms with van der Waals surface area (Å²) in [6, 6.07) is 8.46. The van der Waals surface area contributed by atoms with Crippen LogP contribution in [0.1, 0.15) is 49.7 Å². The van der Waals surface area contributed by atoms with Crippen molar-refractivity contribution in [2.45, 2.75) is 63.1 Å². The molecule has 0 radical (unpaired) electrons. The van der Waals surface area contributed by atoms with Crippen LogP contribution in [-0.2, 0) is 4.74 Å². The zero-order chi connectivity index (χ0) is 19.8. The van der Waals surface area contributed by atoms with Crippen LogP contribution in [0.15, 0.2) is 24.3 Å². The third-order valence-electron chi connectivity index (χ3n) is 6.17. The van der Waals surface area contributed by atoms with Gasteiger partial charge in [0.2, 0.25) is 5.95 Å². The Balaban J connectivity index is 1.40. The molecule has 5 rings (SSSR count). The molecule has 154 valence electrons. The third kappa shape index (κ3) is 3.80. The molecule has 1 saturated carbocycles.